The smallest absolute Gasteiger partial charge is 0.0945 e. The lowest BCUT2D eigenvalue weighted by Crippen LogP contribution is -2.23. The van der Waals surface area contributed by atoms with E-state index in [1.54, 1.807) is 7.11 Å². The van der Waals surface area contributed by atoms with Gasteiger partial charge in [-0.05, 0) is 24.1 Å². The van der Waals surface area contributed by atoms with Crippen molar-refractivity contribution in [3.8, 4) is 0 Å². The molecule has 0 aromatic heterocycles. The number of hydrogen-bond acceptors (Lipinski definition) is 2. The maximum Gasteiger partial charge on any atom is 0.0945 e. The van der Waals surface area contributed by atoms with Gasteiger partial charge in [-0.3, -0.25) is 0 Å². The van der Waals surface area contributed by atoms with Gasteiger partial charge in [0.05, 0.1) is 6.10 Å². The molecule has 0 saturated heterocycles. The number of ether oxygens (including phenoxy) is 1. The third-order valence-corrected chi connectivity index (χ3v) is 2.88. The van der Waals surface area contributed by atoms with E-state index in [4.69, 9.17) is 10.1 Å². The summed E-state index contributed by atoms with van der Waals surface area (Å²) in [7, 11) is 1.66. The Morgan fingerprint density at radius 2 is 2.00 bits per heavy atom. The van der Waals surface area contributed by atoms with Crippen LogP contribution in [0, 0.1) is 5.41 Å². The molecule has 3 heteroatoms. The van der Waals surface area contributed by atoms with E-state index in [-0.39, 0.29) is 6.10 Å². The van der Waals surface area contributed by atoms with Crippen LogP contribution in [0.1, 0.15) is 18.9 Å². The van der Waals surface area contributed by atoms with Crippen molar-refractivity contribution >= 4 is 21.6 Å². The van der Waals surface area contributed by atoms with E-state index in [9.17, 15) is 0 Å². The highest BCUT2D eigenvalue weighted by Gasteiger charge is 2.11. The second kappa shape index (κ2) is 6.03. The molecule has 0 aliphatic rings. The zero-order chi connectivity index (χ0) is 11.3. The lowest BCUT2D eigenvalue weighted by Gasteiger charge is -2.14. The van der Waals surface area contributed by atoms with Crippen molar-refractivity contribution in [3.63, 3.8) is 0 Å². The molecule has 2 nitrogen and oxygen atoms in total. The number of hydrogen-bond donors (Lipinski definition) is 1. The fourth-order valence-corrected chi connectivity index (χ4v) is 1.76. The molecule has 0 saturated carbocycles. The molecule has 1 atom stereocenters. The first-order chi connectivity index (χ1) is 7.17. The molecule has 0 aliphatic heterocycles. The average molecular weight is 270 g/mol. The van der Waals surface area contributed by atoms with E-state index in [0.717, 1.165) is 16.5 Å². The van der Waals surface area contributed by atoms with Crippen LogP contribution in [-0.2, 0) is 11.2 Å². The molecule has 0 amide bonds. The lowest BCUT2D eigenvalue weighted by atomic mass is 10.0. The summed E-state index contributed by atoms with van der Waals surface area (Å²) in [4.78, 5) is 0. The van der Waals surface area contributed by atoms with Crippen LogP contribution in [-0.4, -0.2) is 18.9 Å². The van der Waals surface area contributed by atoms with Crippen LogP contribution >= 0.6 is 15.9 Å². The van der Waals surface area contributed by atoms with E-state index < -0.39 is 0 Å². The minimum absolute atomic E-state index is 0.0475. The Hall–Kier alpha value is -0.670. The van der Waals surface area contributed by atoms with Crippen molar-refractivity contribution in [2.24, 2.45) is 0 Å². The van der Waals surface area contributed by atoms with Crippen LogP contribution in [0.5, 0.6) is 0 Å². The quantitative estimate of drug-likeness (QED) is 0.817. The van der Waals surface area contributed by atoms with E-state index in [0.29, 0.717) is 12.1 Å². The Bertz CT molecular complexity index is 317. The predicted octanol–water partition coefficient (Wildman–Crippen LogP) is 3.44. The van der Waals surface area contributed by atoms with Crippen LogP contribution in [0.4, 0.5) is 0 Å². The van der Waals surface area contributed by atoms with Crippen molar-refractivity contribution in [2.75, 3.05) is 7.11 Å². The molecule has 1 N–H and O–H groups in total. The Kier molecular flexibility index (Phi) is 4.99. The van der Waals surface area contributed by atoms with Crippen molar-refractivity contribution in [1.29, 1.82) is 5.41 Å². The van der Waals surface area contributed by atoms with Crippen LogP contribution < -0.4 is 0 Å². The number of halogens is 1. The predicted molar refractivity (Wildman–Crippen MR) is 66.7 cm³/mol. The van der Waals surface area contributed by atoms with Crippen LogP contribution in [0.3, 0.4) is 0 Å². The van der Waals surface area contributed by atoms with Crippen LogP contribution in [0.25, 0.3) is 0 Å². The number of rotatable bonds is 5. The van der Waals surface area contributed by atoms with Gasteiger partial charge in [0, 0.05) is 23.7 Å². The maximum atomic E-state index is 7.90. The van der Waals surface area contributed by atoms with Gasteiger partial charge in [-0.15, -0.1) is 0 Å². The van der Waals surface area contributed by atoms with Gasteiger partial charge in [-0.2, -0.15) is 0 Å². The van der Waals surface area contributed by atoms with E-state index >= 15 is 0 Å². The highest BCUT2D eigenvalue weighted by Crippen LogP contribution is 2.12. The molecule has 0 fully saturated rings. The second-order valence-corrected chi connectivity index (χ2v) is 4.38. The molecule has 0 heterocycles. The van der Waals surface area contributed by atoms with Gasteiger partial charge in [0.25, 0.3) is 0 Å². The fraction of sp³-hybridized carbons (Fsp3) is 0.417. The first kappa shape index (κ1) is 12.4. The first-order valence-electron chi connectivity index (χ1n) is 5.02. The topological polar surface area (TPSA) is 33.1 Å². The third-order valence-electron chi connectivity index (χ3n) is 2.35. The SMILES string of the molecule is CCC(OC)C(=N)Cc1ccc(Br)cc1. The molecule has 82 valence electrons. The normalized spacial score (nSPS) is 12.5. The van der Waals surface area contributed by atoms with Gasteiger partial charge in [-0.25, -0.2) is 0 Å². The number of benzene rings is 1. The zero-order valence-corrected chi connectivity index (χ0v) is 10.7. The lowest BCUT2D eigenvalue weighted by molar-refractivity contribution is 0.151. The third kappa shape index (κ3) is 3.76. The minimum atomic E-state index is -0.0475. The molecule has 0 radical (unpaired) electrons. The van der Waals surface area contributed by atoms with E-state index in [2.05, 4.69) is 15.9 Å². The van der Waals surface area contributed by atoms with Gasteiger partial charge in [0.15, 0.2) is 0 Å². The Balaban J connectivity index is 2.61. The molecule has 15 heavy (non-hydrogen) atoms. The molecule has 0 aliphatic carbocycles. The van der Waals surface area contributed by atoms with Gasteiger partial charge in [-0.1, -0.05) is 35.0 Å². The monoisotopic (exact) mass is 269 g/mol. The summed E-state index contributed by atoms with van der Waals surface area (Å²) in [5.41, 5.74) is 1.79. The fourth-order valence-electron chi connectivity index (χ4n) is 1.49. The molecule has 1 aromatic carbocycles. The summed E-state index contributed by atoms with van der Waals surface area (Å²) in [6, 6.07) is 8.05. The van der Waals surface area contributed by atoms with Crippen LogP contribution in [0.2, 0.25) is 0 Å². The summed E-state index contributed by atoms with van der Waals surface area (Å²) in [5.74, 6) is 0. The largest absolute Gasteiger partial charge is 0.376 e. The molecular weight excluding hydrogens is 254 g/mol. The highest BCUT2D eigenvalue weighted by molar-refractivity contribution is 9.10. The summed E-state index contributed by atoms with van der Waals surface area (Å²) >= 11 is 3.39. The molecule has 1 rings (SSSR count). The second-order valence-electron chi connectivity index (χ2n) is 3.46. The maximum absolute atomic E-state index is 7.90. The standard InChI is InChI=1S/C12H16BrNO/c1-3-12(15-2)11(14)8-9-4-6-10(13)7-5-9/h4-7,12,14H,3,8H2,1-2H3. The summed E-state index contributed by atoms with van der Waals surface area (Å²) in [5, 5.41) is 7.90. The van der Waals surface area contributed by atoms with Crippen molar-refractivity contribution < 1.29 is 4.74 Å². The molecule has 1 aromatic rings. The Morgan fingerprint density at radius 3 is 2.47 bits per heavy atom. The highest BCUT2D eigenvalue weighted by atomic mass is 79.9. The van der Waals surface area contributed by atoms with Crippen molar-refractivity contribution in [3.05, 3.63) is 34.3 Å². The van der Waals surface area contributed by atoms with Crippen molar-refractivity contribution in [1.82, 2.24) is 0 Å². The van der Waals surface area contributed by atoms with Gasteiger partial charge in [0.2, 0.25) is 0 Å². The van der Waals surface area contributed by atoms with E-state index in [1.165, 1.54) is 0 Å². The van der Waals surface area contributed by atoms with Gasteiger partial charge < -0.3 is 10.1 Å². The van der Waals surface area contributed by atoms with Gasteiger partial charge >= 0.3 is 0 Å². The molecular formula is C12H16BrNO. The van der Waals surface area contributed by atoms with Gasteiger partial charge in [0.1, 0.15) is 0 Å². The number of nitrogens with one attached hydrogen (secondary N) is 1. The zero-order valence-electron chi connectivity index (χ0n) is 9.09. The first-order valence-corrected chi connectivity index (χ1v) is 5.81. The summed E-state index contributed by atoms with van der Waals surface area (Å²) in [6.07, 6.45) is 1.47. The van der Waals surface area contributed by atoms with Crippen molar-refractivity contribution in [2.45, 2.75) is 25.9 Å². The minimum Gasteiger partial charge on any atom is -0.376 e. The summed E-state index contributed by atoms with van der Waals surface area (Å²) in [6.45, 7) is 2.03. The molecule has 1 unspecified atom stereocenters. The number of methoxy groups -OCH3 is 1. The van der Waals surface area contributed by atoms with Crippen LogP contribution in [0.15, 0.2) is 28.7 Å². The van der Waals surface area contributed by atoms with E-state index in [1.807, 2.05) is 31.2 Å². The Morgan fingerprint density at radius 1 is 1.40 bits per heavy atom. The summed E-state index contributed by atoms with van der Waals surface area (Å²) < 4.78 is 6.29. The molecule has 0 bridgehead atoms. The average Bonchev–Trinajstić information content (AvgIpc) is 2.23. The Labute approximate surface area is 99.3 Å². The molecule has 0 spiro atoms.